The first-order chi connectivity index (χ1) is 10.7. The fourth-order valence-electron chi connectivity index (χ4n) is 2.58. The number of ether oxygens (including phenoxy) is 1. The maximum atomic E-state index is 5.42. The summed E-state index contributed by atoms with van der Waals surface area (Å²) < 4.78 is 5.42. The van der Waals surface area contributed by atoms with Gasteiger partial charge in [0.1, 0.15) is 5.75 Å². The molecule has 0 aliphatic heterocycles. The molecule has 0 saturated carbocycles. The maximum Gasteiger partial charge on any atom is 0.123 e. The minimum absolute atomic E-state index is 0.290. The average molecular weight is 298 g/mol. The standard InChI is InChI=1S/C19H26N2O/c1-16(18-12-7-8-13-19(18)22-3)20-14-9-15-21(2)17-10-5-4-6-11-17/h4-8,10-13,16,20H,9,14-15H2,1-3H3. The van der Waals surface area contributed by atoms with E-state index in [0.717, 1.165) is 25.3 Å². The highest BCUT2D eigenvalue weighted by Crippen LogP contribution is 2.24. The van der Waals surface area contributed by atoms with Crippen LogP contribution in [0.3, 0.4) is 0 Å². The van der Waals surface area contributed by atoms with Crippen LogP contribution in [0.15, 0.2) is 54.6 Å². The van der Waals surface area contributed by atoms with Crippen molar-refractivity contribution < 1.29 is 4.74 Å². The van der Waals surface area contributed by atoms with Crippen molar-refractivity contribution >= 4 is 5.69 Å². The van der Waals surface area contributed by atoms with Crippen LogP contribution in [0.25, 0.3) is 0 Å². The van der Waals surface area contributed by atoms with E-state index < -0.39 is 0 Å². The molecular weight excluding hydrogens is 272 g/mol. The monoisotopic (exact) mass is 298 g/mol. The molecule has 0 spiro atoms. The van der Waals surface area contributed by atoms with Crippen molar-refractivity contribution in [1.82, 2.24) is 5.32 Å². The van der Waals surface area contributed by atoms with E-state index in [1.807, 2.05) is 18.2 Å². The number of methoxy groups -OCH3 is 1. The fourth-order valence-corrected chi connectivity index (χ4v) is 2.58. The Labute approximate surface area is 133 Å². The first-order valence-electron chi connectivity index (χ1n) is 7.85. The molecule has 0 bridgehead atoms. The van der Waals surface area contributed by atoms with Gasteiger partial charge in [0.25, 0.3) is 0 Å². The van der Waals surface area contributed by atoms with Gasteiger partial charge < -0.3 is 15.0 Å². The van der Waals surface area contributed by atoms with Crippen LogP contribution in [0, 0.1) is 0 Å². The summed E-state index contributed by atoms with van der Waals surface area (Å²) in [4.78, 5) is 2.29. The Kier molecular flexibility index (Phi) is 6.28. The van der Waals surface area contributed by atoms with Crippen LogP contribution in [-0.4, -0.2) is 27.2 Å². The Bertz CT molecular complexity index is 556. The predicted octanol–water partition coefficient (Wildman–Crippen LogP) is 3.87. The van der Waals surface area contributed by atoms with Gasteiger partial charge in [-0.05, 0) is 38.1 Å². The van der Waals surface area contributed by atoms with E-state index in [-0.39, 0.29) is 6.04 Å². The predicted molar refractivity (Wildman–Crippen MR) is 93.7 cm³/mol. The van der Waals surface area contributed by atoms with Crippen molar-refractivity contribution in [3.63, 3.8) is 0 Å². The van der Waals surface area contributed by atoms with E-state index in [2.05, 4.69) is 60.6 Å². The molecule has 3 heteroatoms. The second-order valence-corrected chi connectivity index (χ2v) is 5.53. The molecule has 0 heterocycles. The van der Waals surface area contributed by atoms with Crippen LogP contribution in [0.2, 0.25) is 0 Å². The van der Waals surface area contributed by atoms with E-state index in [0.29, 0.717) is 0 Å². The van der Waals surface area contributed by atoms with Crippen LogP contribution >= 0.6 is 0 Å². The molecule has 0 aliphatic rings. The molecule has 1 N–H and O–H groups in total. The zero-order valence-corrected chi connectivity index (χ0v) is 13.8. The zero-order valence-electron chi connectivity index (χ0n) is 13.8. The molecule has 0 aromatic heterocycles. The van der Waals surface area contributed by atoms with Gasteiger partial charge in [-0.25, -0.2) is 0 Å². The van der Waals surface area contributed by atoms with Crippen LogP contribution in [0.5, 0.6) is 5.75 Å². The van der Waals surface area contributed by atoms with Gasteiger partial charge in [-0.3, -0.25) is 0 Å². The minimum atomic E-state index is 0.290. The summed E-state index contributed by atoms with van der Waals surface area (Å²) in [5.74, 6) is 0.948. The largest absolute Gasteiger partial charge is 0.496 e. The van der Waals surface area contributed by atoms with Gasteiger partial charge in [-0.2, -0.15) is 0 Å². The minimum Gasteiger partial charge on any atom is -0.496 e. The topological polar surface area (TPSA) is 24.5 Å². The number of benzene rings is 2. The molecule has 22 heavy (non-hydrogen) atoms. The van der Waals surface area contributed by atoms with Crippen LogP contribution < -0.4 is 15.0 Å². The van der Waals surface area contributed by atoms with Crippen molar-refractivity contribution in [3.8, 4) is 5.75 Å². The number of hydrogen-bond acceptors (Lipinski definition) is 3. The molecule has 1 atom stereocenters. The van der Waals surface area contributed by atoms with Gasteiger partial charge in [0.15, 0.2) is 0 Å². The molecule has 0 amide bonds. The molecule has 2 rings (SSSR count). The number of rotatable bonds is 8. The first kappa shape index (κ1) is 16.4. The molecule has 2 aromatic carbocycles. The number of anilines is 1. The third-order valence-corrected chi connectivity index (χ3v) is 3.92. The van der Waals surface area contributed by atoms with Crippen molar-refractivity contribution in [2.24, 2.45) is 0 Å². The van der Waals surface area contributed by atoms with Gasteiger partial charge in [-0.1, -0.05) is 36.4 Å². The van der Waals surface area contributed by atoms with Gasteiger partial charge >= 0.3 is 0 Å². The van der Waals surface area contributed by atoms with Crippen molar-refractivity contribution in [2.75, 3.05) is 32.1 Å². The Morgan fingerprint density at radius 3 is 2.45 bits per heavy atom. The lowest BCUT2D eigenvalue weighted by molar-refractivity contribution is 0.401. The van der Waals surface area contributed by atoms with Gasteiger partial charge in [0, 0.05) is 30.9 Å². The van der Waals surface area contributed by atoms with Crippen molar-refractivity contribution in [2.45, 2.75) is 19.4 Å². The van der Waals surface area contributed by atoms with Gasteiger partial charge in [0.2, 0.25) is 0 Å². The third kappa shape index (κ3) is 4.50. The molecule has 1 unspecified atom stereocenters. The number of para-hydroxylation sites is 2. The number of nitrogens with one attached hydrogen (secondary N) is 1. The Morgan fingerprint density at radius 2 is 1.73 bits per heavy atom. The summed E-state index contributed by atoms with van der Waals surface area (Å²) in [5, 5.41) is 3.57. The van der Waals surface area contributed by atoms with Crippen molar-refractivity contribution in [1.29, 1.82) is 0 Å². The van der Waals surface area contributed by atoms with E-state index in [1.165, 1.54) is 11.3 Å². The lowest BCUT2D eigenvalue weighted by atomic mass is 10.1. The van der Waals surface area contributed by atoms with E-state index in [1.54, 1.807) is 7.11 Å². The lowest BCUT2D eigenvalue weighted by Crippen LogP contribution is -2.25. The van der Waals surface area contributed by atoms with E-state index in [4.69, 9.17) is 4.74 Å². The molecular formula is C19H26N2O. The lowest BCUT2D eigenvalue weighted by Gasteiger charge is -2.21. The average Bonchev–Trinajstić information content (AvgIpc) is 2.59. The van der Waals surface area contributed by atoms with Gasteiger partial charge in [0.05, 0.1) is 7.11 Å². The number of nitrogens with zero attached hydrogens (tertiary/aromatic N) is 1. The highest BCUT2D eigenvalue weighted by Gasteiger charge is 2.09. The summed E-state index contributed by atoms with van der Waals surface area (Å²) in [6.45, 7) is 4.20. The van der Waals surface area contributed by atoms with E-state index >= 15 is 0 Å². The second-order valence-electron chi connectivity index (χ2n) is 5.53. The summed E-state index contributed by atoms with van der Waals surface area (Å²) >= 11 is 0. The van der Waals surface area contributed by atoms with Crippen LogP contribution in [-0.2, 0) is 0 Å². The third-order valence-electron chi connectivity index (χ3n) is 3.92. The quantitative estimate of drug-likeness (QED) is 0.749. The highest BCUT2D eigenvalue weighted by molar-refractivity contribution is 5.44. The zero-order chi connectivity index (χ0) is 15.8. The van der Waals surface area contributed by atoms with E-state index in [9.17, 15) is 0 Å². The van der Waals surface area contributed by atoms with Gasteiger partial charge in [-0.15, -0.1) is 0 Å². The molecule has 0 radical (unpaired) electrons. The van der Waals surface area contributed by atoms with Crippen molar-refractivity contribution in [3.05, 3.63) is 60.2 Å². The van der Waals surface area contributed by atoms with Crippen LogP contribution in [0.4, 0.5) is 5.69 Å². The van der Waals surface area contributed by atoms with Crippen LogP contribution in [0.1, 0.15) is 24.9 Å². The summed E-state index contributed by atoms with van der Waals surface area (Å²) in [7, 11) is 3.86. The Morgan fingerprint density at radius 1 is 1.05 bits per heavy atom. The molecule has 0 aliphatic carbocycles. The summed E-state index contributed by atoms with van der Waals surface area (Å²) in [6.07, 6.45) is 1.10. The molecule has 0 saturated heterocycles. The number of hydrogen-bond donors (Lipinski definition) is 1. The molecule has 118 valence electrons. The smallest absolute Gasteiger partial charge is 0.123 e. The SMILES string of the molecule is COc1ccccc1C(C)NCCCN(C)c1ccccc1. The summed E-state index contributed by atoms with van der Waals surface area (Å²) in [5.41, 5.74) is 2.47. The molecule has 2 aromatic rings. The maximum absolute atomic E-state index is 5.42. The highest BCUT2D eigenvalue weighted by atomic mass is 16.5. The fraction of sp³-hybridized carbons (Fsp3) is 0.368. The second kappa shape index (κ2) is 8.44. The summed E-state index contributed by atoms with van der Waals surface area (Å²) in [6, 6.07) is 19.0. The Balaban J connectivity index is 1.76. The normalized spacial score (nSPS) is 12.0. The molecule has 3 nitrogen and oxygen atoms in total. The first-order valence-corrected chi connectivity index (χ1v) is 7.85. The Hall–Kier alpha value is -2.00. The molecule has 0 fully saturated rings.